The molecule has 0 aromatic carbocycles. The highest BCUT2D eigenvalue weighted by Crippen LogP contribution is 2.14. The third kappa shape index (κ3) is 2.42. The maximum atomic E-state index is 10.00. The molecule has 0 bridgehead atoms. The van der Waals surface area contributed by atoms with Crippen molar-refractivity contribution in [1.82, 2.24) is 0 Å². The monoisotopic (exact) mass is 150 g/mol. The van der Waals surface area contributed by atoms with Crippen LogP contribution in [0.1, 0.15) is 13.3 Å². The second-order valence-corrected chi connectivity index (χ2v) is 2.28. The molecule has 1 aliphatic carbocycles. The van der Waals surface area contributed by atoms with E-state index in [4.69, 9.17) is 4.74 Å². The predicted octanol–water partition coefficient (Wildman–Crippen LogP) is 1.95. The van der Waals surface area contributed by atoms with Gasteiger partial charge in [0.2, 0.25) is 0 Å². The molecule has 0 fully saturated rings. The first-order valence-electron chi connectivity index (χ1n) is 3.48. The topological polar surface area (TPSA) is 26.3 Å². The summed E-state index contributed by atoms with van der Waals surface area (Å²) in [7, 11) is 0. The smallest absolute Gasteiger partial charge is 0.146 e. The standard InChI is InChI=1S/C9H10O2/c1-8(6-7-10)11-9-4-2-3-5-9/h2-4,6-7H,5H2,1H3/b8-6+. The predicted molar refractivity (Wildman–Crippen MR) is 42.7 cm³/mol. The van der Waals surface area contributed by atoms with Gasteiger partial charge >= 0.3 is 0 Å². The van der Waals surface area contributed by atoms with E-state index in [1.54, 1.807) is 6.92 Å². The summed E-state index contributed by atoms with van der Waals surface area (Å²) in [5.41, 5.74) is 0. The molecule has 0 amide bonds. The number of allylic oxidation sites excluding steroid dienone is 5. The van der Waals surface area contributed by atoms with Gasteiger partial charge in [-0.25, -0.2) is 0 Å². The Kier molecular flexibility index (Phi) is 2.66. The first kappa shape index (κ1) is 7.79. The molecule has 2 nitrogen and oxygen atoms in total. The molecule has 0 aliphatic heterocycles. The SMILES string of the molecule is C/C(=C\C=O)OC1=CC=CC1. The zero-order valence-corrected chi connectivity index (χ0v) is 6.41. The number of hydrogen-bond donors (Lipinski definition) is 0. The number of rotatable bonds is 3. The lowest BCUT2D eigenvalue weighted by molar-refractivity contribution is -0.104. The minimum absolute atomic E-state index is 0.634. The molecule has 1 rings (SSSR count). The van der Waals surface area contributed by atoms with Gasteiger partial charge in [0.15, 0.2) is 0 Å². The zero-order chi connectivity index (χ0) is 8.10. The van der Waals surface area contributed by atoms with Crippen molar-refractivity contribution in [1.29, 1.82) is 0 Å². The van der Waals surface area contributed by atoms with Crippen LogP contribution in [-0.4, -0.2) is 6.29 Å². The molecule has 1 aliphatic rings. The lowest BCUT2D eigenvalue weighted by atomic mass is 10.4. The van der Waals surface area contributed by atoms with Crippen LogP contribution in [0.25, 0.3) is 0 Å². The summed E-state index contributed by atoms with van der Waals surface area (Å²) in [5.74, 6) is 1.52. The first-order chi connectivity index (χ1) is 5.33. The molecular formula is C9H10O2. The molecule has 0 N–H and O–H groups in total. The first-order valence-corrected chi connectivity index (χ1v) is 3.48. The van der Waals surface area contributed by atoms with Gasteiger partial charge in [-0.3, -0.25) is 4.79 Å². The van der Waals surface area contributed by atoms with Crippen molar-refractivity contribution in [2.24, 2.45) is 0 Å². The summed E-state index contributed by atoms with van der Waals surface area (Å²) in [5, 5.41) is 0. The van der Waals surface area contributed by atoms with E-state index in [9.17, 15) is 4.79 Å². The van der Waals surface area contributed by atoms with Crippen LogP contribution >= 0.6 is 0 Å². The second kappa shape index (κ2) is 3.76. The second-order valence-electron chi connectivity index (χ2n) is 2.28. The van der Waals surface area contributed by atoms with Gasteiger partial charge in [-0.15, -0.1) is 0 Å². The number of carbonyl (C=O) groups excluding carboxylic acids is 1. The van der Waals surface area contributed by atoms with Crippen LogP contribution in [0.15, 0.2) is 35.8 Å². The summed E-state index contributed by atoms with van der Waals surface area (Å²) in [4.78, 5) is 10.00. The largest absolute Gasteiger partial charge is 0.466 e. The van der Waals surface area contributed by atoms with Crippen LogP contribution in [0, 0.1) is 0 Å². The third-order valence-corrected chi connectivity index (χ3v) is 1.33. The van der Waals surface area contributed by atoms with Crippen LogP contribution in [0.3, 0.4) is 0 Å². The Morgan fingerprint density at radius 2 is 2.55 bits per heavy atom. The van der Waals surface area contributed by atoms with Gasteiger partial charge in [0.05, 0.1) is 0 Å². The van der Waals surface area contributed by atoms with Crippen LogP contribution < -0.4 is 0 Å². The third-order valence-electron chi connectivity index (χ3n) is 1.33. The molecule has 0 radical (unpaired) electrons. The Hall–Kier alpha value is -1.31. The molecule has 0 heterocycles. The summed E-state index contributed by atoms with van der Waals surface area (Å²) >= 11 is 0. The van der Waals surface area contributed by atoms with Gasteiger partial charge in [-0.2, -0.15) is 0 Å². The van der Waals surface area contributed by atoms with Crippen LogP contribution in [0.4, 0.5) is 0 Å². The van der Waals surface area contributed by atoms with Crippen LogP contribution in [-0.2, 0) is 9.53 Å². The average Bonchev–Trinajstić information content (AvgIpc) is 2.40. The van der Waals surface area contributed by atoms with Crippen LogP contribution in [0.2, 0.25) is 0 Å². The van der Waals surface area contributed by atoms with Gasteiger partial charge < -0.3 is 4.74 Å². The van der Waals surface area contributed by atoms with Crippen molar-refractivity contribution in [3.63, 3.8) is 0 Å². The van der Waals surface area contributed by atoms with E-state index in [1.807, 2.05) is 18.2 Å². The lowest BCUT2D eigenvalue weighted by Crippen LogP contribution is -1.86. The average molecular weight is 150 g/mol. The summed E-state index contributed by atoms with van der Waals surface area (Å²) in [6.45, 7) is 1.76. The van der Waals surface area contributed by atoms with E-state index >= 15 is 0 Å². The van der Waals surface area contributed by atoms with E-state index in [2.05, 4.69) is 0 Å². The number of carbonyl (C=O) groups is 1. The fourth-order valence-corrected chi connectivity index (χ4v) is 0.840. The normalized spacial score (nSPS) is 16.5. The van der Waals surface area contributed by atoms with E-state index in [0.29, 0.717) is 5.76 Å². The van der Waals surface area contributed by atoms with Gasteiger partial charge in [-0.05, 0) is 13.0 Å². The molecule has 0 aromatic rings. The van der Waals surface area contributed by atoms with Crippen molar-refractivity contribution in [3.8, 4) is 0 Å². The molecule has 2 heteroatoms. The maximum Gasteiger partial charge on any atom is 0.146 e. The molecule has 0 saturated carbocycles. The lowest BCUT2D eigenvalue weighted by Gasteiger charge is -2.03. The molecular weight excluding hydrogens is 140 g/mol. The van der Waals surface area contributed by atoms with Crippen molar-refractivity contribution in [3.05, 3.63) is 35.8 Å². The number of aldehydes is 1. The Morgan fingerprint density at radius 1 is 1.73 bits per heavy atom. The highest BCUT2D eigenvalue weighted by molar-refractivity contribution is 5.65. The number of ether oxygens (including phenoxy) is 1. The zero-order valence-electron chi connectivity index (χ0n) is 6.41. The molecule has 0 unspecified atom stereocenters. The van der Waals surface area contributed by atoms with E-state index in [1.165, 1.54) is 6.08 Å². The van der Waals surface area contributed by atoms with E-state index < -0.39 is 0 Å². The van der Waals surface area contributed by atoms with Crippen molar-refractivity contribution >= 4 is 6.29 Å². The van der Waals surface area contributed by atoms with Crippen molar-refractivity contribution in [2.75, 3.05) is 0 Å². The van der Waals surface area contributed by atoms with Gasteiger partial charge in [0.1, 0.15) is 17.8 Å². The fourth-order valence-electron chi connectivity index (χ4n) is 0.840. The minimum atomic E-state index is 0.634. The molecule has 0 aromatic heterocycles. The van der Waals surface area contributed by atoms with Crippen LogP contribution in [0.5, 0.6) is 0 Å². The molecule has 11 heavy (non-hydrogen) atoms. The minimum Gasteiger partial charge on any atom is -0.466 e. The Morgan fingerprint density at radius 3 is 3.09 bits per heavy atom. The van der Waals surface area contributed by atoms with Crippen molar-refractivity contribution in [2.45, 2.75) is 13.3 Å². The molecule has 0 atom stereocenters. The summed E-state index contributed by atoms with van der Waals surface area (Å²) in [6.07, 6.45) is 8.77. The Labute approximate surface area is 65.9 Å². The quantitative estimate of drug-likeness (QED) is 0.349. The number of hydrogen-bond acceptors (Lipinski definition) is 2. The highest BCUT2D eigenvalue weighted by Gasteiger charge is 1.99. The van der Waals surface area contributed by atoms with Crippen molar-refractivity contribution < 1.29 is 9.53 Å². The maximum absolute atomic E-state index is 10.00. The van der Waals surface area contributed by atoms with Gasteiger partial charge in [0, 0.05) is 12.5 Å². The summed E-state index contributed by atoms with van der Waals surface area (Å²) in [6, 6.07) is 0. The Bertz CT molecular complexity index is 228. The van der Waals surface area contributed by atoms with E-state index in [0.717, 1.165) is 18.5 Å². The highest BCUT2D eigenvalue weighted by atomic mass is 16.5. The van der Waals surface area contributed by atoms with E-state index in [-0.39, 0.29) is 0 Å². The summed E-state index contributed by atoms with van der Waals surface area (Å²) < 4.78 is 5.28. The van der Waals surface area contributed by atoms with Gasteiger partial charge in [0.25, 0.3) is 0 Å². The molecule has 58 valence electrons. The molecule has 0 saturated heterocycles. The Balaban J connectivity index is 2.43. The fraction of sp³-hybridized carbons (Fsp3) is 0.222. The van der Waals surface area contributed by atoms with Gasteiger partial charge in [-0.1, -0.05) is 12.2 Å². The molecule has 0 spiro atoms.